The molecule has 116 valence electrons. The van der Waals surface area contributed by atoms with Crippen molar-refractivity contribution in [2.24, 2.45) is 29.4 Å². The lowest BCUT2D eigenvalue weighted by atomic mass is 9.82. The molecule has 0 aromatic heterocycles. The summed E-state index contributed by atoms with van der Waals surface area (Å²) in [4.78, 5) is 22.9. The Bertz CT molecular complexity index is 323. The van der Waals surface area contributed by atoms with E-state index in [1.807, 2.05) is 0 Å². The van der Waals surface area contributed by atoms with Crippen LogP contribution in [0.1, 0.15) is 46.0 Å². The maximum atomic E-state index is 12.0. The molecule has 0 spiro atoms. The minimum Gasteiger partial charge on any atom is -0.481 e. The Balaban J connectivity index is 2.29. The van der Waals surface area contributed by atoms with Gasteiger partial charge in [0.2, 0.25) is 5.91 Å². The number of hydrogen-bond acceptors (Lipinski definition) is 3. The number of hydrogen-bond donors (Lipinski definition) is 3. The average molecular weight is 284 g/mol. The largest absolute Gasteiger partial charge is 0.481 e. The van der Waals surface area contributed by atoms with Crippen molar-refractivity contribution in [2.45, 2.75) is 46.0 Å². The Morgan fingerprint density at radius 1 is 1.25 bits per heavy atom. The van der Waals surface area contributed by atoms with Crippen LogP contribution in [0.4, 0.5) is 0 Å². The molecular formula is C15H28N2O3. The summed E-state index contributed by atoms with van der Waals surface area (Å²) in [6.07, 6.45) is 4.03. The second-order valence-corrected chi connectivity index (χ2v) is 6.36. The molecule has 1 saturated carbocycles. The van der Waals surface area contributed by atoms with Crippen LogP contribution in [0.25, 0.3) is 0 Å². The van der Waals surface area contributed by atoms with E-state index >= 15 is 0 Å². The van der Waals surface area contributed by atoms with Crippen LogP contribution in [-0.2, 0) is 9.59 Å². The molecule has 1 fully saturated rings. The lowest BCUT2D eigenvalue weighted by Gasteiger charge is -2.27. The quantitative estimate of drug-likeness (QED) is 0.662. The highest BCUT2D eigenvalue weighted by atomic mass is 16.4. The topological polar surface area (TPSA) is 92.4 Å². The first-order chi connectivity index (χ1) is 9.43. The molecule has 5 nitrogen and oxygen atoms in total. The van der Waals surface area contributed by atoms with Gasteiger partial charge in [-0.25, -0.2) is 0 Å². The van der Waals surface area contributed by atoms with E-state index in [4.69, 9.17) is 10.8 Å². The first-order valence-corrected chi connectivity index (χ1v) is 7.64. The summed E-state index contributed by atoms with van der Waals surface area (Å²) in [5.74, 6) is -0.0773. The Hall–Kier alpha value is -1.10. The van der Waals surface area contributed by atoms with Crippen molar-refractivity contribution < 1.29 is 14.7 Å². The summed E-state index contributed by atoms with van der Waals surface area (Å²) in [6, 6.07) is 0. The highest BCUT2D eigenvalue weighted by Crippen LogP contribution is 2.28. The zero-order chi connectivity index (χ0) is 15.1. The summed E-state index contributed by atoms with van der Waals surface area (Å²) in [7, 11) is 0. The minimum absolute atomic E-state index is 0.0431. The second kappa shape index (κ2) is 8.25. The normalized spacial score (nSPS) is 24.4. The molecule has 1 aliphatic carbocycles. The highest BCUT2D eigenvalue weighted by molar-refractivity contribution is 5.78. The molecule has 1 unspecified atom stereocenters. The number of carboxylic acids is 1. The third kappa shape index (κ3) is 5.49. The molecule has 0 bridgehead atoms. The number of carboxylic acid groups (broad SMARTS) is 1. The van der Waals surface area contributed by atoms with Crippen LogP contribution < -0.4 is 11.1 Å². The predicted octanol–water partition coefficient (Wildman–Crippen LogP) is 1.61. The molecule has 0 saturated heterocycles. The van der Waals surface area contributed by atoms with Gasteiger partial charge < -0.3 is 16.2 Å². The third-order valence-corrected chi connectivity index (χ3v) is 4.17. The molecule has 0 heterocycles. The van der Waals surface area contributed by atoms with Crippen molar-refractivity contribution >= 4 is 11.9 Å². The van der Waals surface area contributed by atoms with E-state index in [-0.39, 0.29) is 17.7 Å². The molecular weight excluding hydrogens is 256 g/mol. The minimum atomic E-state index is -0.687. The van der Waals surface area contributed by atoms with Crippen molar-refractivity contribution in [2.75, 3.05) is 13.1 Å². The van der Waals surface area contributed by atoms with Crippen molar-refractivity contribution in [3.63, 3.8) is 0 Å². The maximum absolute atomic E-state index is 12.0. The first kappa shape index (κ1) is 17.0. The molecule has 4 N–H and O–H groups in total. The average Bonchev–Trinajstić information content (AvgIpc) is 2.42. The zero-order valence-corrected chi connectivity index (χ0v) is 12.6. The van der Waals surface area contributed by atoms with E-state index in [1.165, 1.54) is 0 Å². The Kier molecular flexibility index (Phi) is 6.99. The van der Waals surface area contributed by atoms with Gasteiger partial charge in [-0.2, -0.15) is 0 Å². The second-order valence-electron chi connectivity index (χ2n) is 6.36. The molecule has 1 rings (SSSR count). The number of carbonyl (C=O) groups is 2. The van der Waals surface area contributed by atoms with Crippen molar-refractivity contribution in [3.05, 3.63) is 0 Å². The van der Waals surface area contributed by atoms with Gasteiger partial charge in [-0.05, 0) is 43.9 Å². The number of nitrogens with two attached hydrogens (primary N) is 1. The fourth-order valence-corrected chi connectivity index (χ4v) is 2.88. The van der Waals surface area contributed by atoms with E-state index in [0.717, 1.165) is 32.1 Å². The van der Waals surface area contributed by atoms with Crippen LogP contribution in [0, 0.1) is 23.7 Å². The Morgan fingerprint density at radius 3 is 2.30 bits per heavy atom. The molecule has 0 aliphatic heterocycles. The lowest BCUT2D eigenvalue weighted by Crippen LogP contribution is -2.39. The number of nitrogens with one attached hydrogen (secondary N) is 1. The van der Waals surface area contributed by atoms with Crippen molar-refractivity contribution in [3.8, 4) is 0 Å². The summed E-state index contributed by atoms with van der Waals surface area (Å²) in [5.41, 5.74) is 5.66. The first-order valence-electron chi connectivity index (χ1n) is 7.64. The fourth-order valence-electron chi connectivity index (χ4n) is 2.88. The molecule has 20 heavy (non-hydrogen) atoms. The predicted molar refractivity (Wildman–Crippen MR) is 78.1 cm³/mol. The van der Waals surface area contributed by atoms with Gasteiger partial charge in [0.1, 0.15) is 0 Å². The van der Waals surface area contributed by atoms with Crippen LogP contribution in [0.3, 0.4) is 0 Å². The molecule has 1 atom stereocenters. The zero-order valence-electron chi connectivity index (χ0n) is 12.6. The number of amides is 1. The number of carbonyl (C=O) groups excluding carboxylic acids is 1. The third-order valence-electron chi connectivity index (χ3n) is 4.17. The van der Waals surface area contributed by atoms with Crippen molar-refractivity contribution in [1.82, 2.24) is 5.32 Å². The van der Waals surface area contributed by atoms with Crippen LogP contribution in [0.2, 0.25) is 0 Å². The Labute approximate surface area is 121 Å². The summed E-state index contributed by atoms with van der Waals surface area (Å²) in [6.45, 7) is 5.21. The van der Waals surface area contributed by atoms with Gasteiger partial charge in [-0.3, -0.25) is 9.59 Å². The summed E-state index contributed by atoms with van der Waals surface area (Å²) in [5, 5.41) is 11.9. The van der Waals surface area contributed by atoms with E-state index in [9.17, 15) is 9.59 Å². The molecule has 1 aliphatic rings. The summed E-state index contributed by atoms with van der Waals surface area (Å²) < 4.78 is 0. The molecule has 0 aromatic rings. The van der Waals surface area contributed by atoms with E-state index in [1.54, 1.807) is 0 Å². The van der Waals surface area contributed by atoms with Gasteiger partial charge in [0.15, 0.2) is 0 Å². The van der Waals surface area contributed by atoms with Crippen LogP contribution in [0.15, 0.2) is 0 Å². The van der Waals surface area contributed by atoms with Gasteiger partial charge in [-0.1, -0.05) is 13.8 Å². The van der Waals surface area contributed by atoms with E-state index in [2.05, 4.69) is 19.2 Å². The van der Waals surface area contributed by atoms with Crippen LogP contribution in [-0.4, -0.2) is 30.1 Å². The van der Waals surface area contributed by atoms with E-state index < -0.39 is 5.97 Å². The Morgan fingerprint density at radius 2 is 1.85 bits per heavy atom. The number of aliphatic carboxylic acids is 1. The lowest BCUT2D eigenvalue weighted by molar-refractivity contribution is -0.143. The standard InChI is InChI=1S/C15H28N2O3/c1-10(2)7-13(8-16)14(18)17-9-11-3-5-12(6-4-11)15(19)20/h10-13H,3-9,16H2,1-2H3,(H,17,18)(H,19,20). The van der Waals surface area contributed by atoms with Crippen LogP contribution >= 0.6 is 0 Å². The van der Waals surface area contributed by atoms with Gasteiger partial charge in [0.05, 0.1) is 11.8 Å². The van der Waals surface area contributed by atoms with Gasteiger partial charge in [-0.15, -0.1) is 0 Å². The fraction of sp³-hybridized carbons (Fsp3) is 0.867. The van der Waals surface area contributed by atoms with Gasteiger partial charge >= 0.3 is 5.97 Å². The monoisotopic (exact) mass is 284 g/mol. The van der Waals surface area contributed by atoms with E-state index in [0.29, 0.717) is 24.9 Å². The molecule has 0 aromatic carbocycles. The van der Waals surface area contributed by atoms with Crippen LogP contribution in [0.5, 0.6) is 0 Å². The smallest absolute Gasteiger partial charge is 0.306 e. The number of rotatable bonds is 7. The van der Waals surface area contributed by atoms with Crippen molar-refractivity contribution in [1.29, 1.82) is 0 Å². The maximum Gasteiger partial charge on any atom is 0.306 e. The van der Waals surface area contributed by atoms with Gasteiger partial charge in [0.25, 0.3) is 0 Å². The molecule has 1 amide bonds. The molecule has 0 radical (unpaired) electrons. The highest BCUT2D eigenvalue weighted by Gasteiger charge is 2.26. The SMILES string of the molecule is CC(C)CC(CN)C(=O)NCC1CCC(C(=O)O)CC1. The summed E-state index contributed by atoms with van der Waals surface area (Å²) >= 11 is 0. The van der Waals surface area contributed by atoms with Gasteiger partial charge in [0, 0.05) is 13.1 Å². The molecule has 5 heteroatoms.